The van der Waals surface area contributed by atoms with Gasteiger partial charge >= 0.3 is 11.7 Å². The van der Waals surface area contributed by atoms with E-state index in [0.29, 0.717) is 0 Å². The summed E-state index contributed by atoms with van der Waals surface area (Å²) >= 11 is 0. The maximum atomic E-state index is 12.8. The van der Waals surface area contributed by atoms with E-state index >= 15 is 0 Å². The number of halogens is 1. The van der Waals surface area contributed by atoms with Crippen LogP contribution in [-0.2, 0) is 0 Å². The first-order chi connectivity index (χ1) is 6.45. The van der Waals surface area contributed by atoms with Crippen molar-refractivity contribution in [2.45, 2.75) is 0 Å². The summed E-state index contributed by atoms with van der Waals surface area (Å²) in [4.78, 5) is 19.9. The van der Waals surface area contributed by atoms with Crippen molar-refractivity contribution in [1.29, 1.82) is 0 Å². The highest BCUT2D eigenvalue weighted by atomic mass is 19.1. The van der Waals surface area contributed by atoms with Crippen molar-refractivity contribution in [3.63, 3.8) is 0 Å². The zero-order valence-corrected chi connectivity index (χ0v) is 6.73. The molecule has 1 aromatic rings. The second-order valence-electron chi connectivity index (χ2n) is 2.42. The lowest BCUT2D eigenvalue weighted by molar-refractivity contribution is -0.384. The van der Waals surface area contributed by atoms with Gasteiger partial charge in [-0.05, 0) is 12.1 Å². The minimum Gasteiger partial charge on any atom is -0.477 e. The van der Waals surface area contributed by atoms with E-state index in [2.05, 4.69) is 0 Å². The summed E-state index contributed by atoms with van der Waals surface area (Å²) < 4.78 is 12.8. The van der Waals surface area contributed by atoms with Crippen LogP contribution in [0, 0.1) is 15.9 Å². The van der Waals surface area contributed by atoms with Gasteiger partial charge in [0.05, 0.1) is 4.92 Å². The number of carboxylic acids is 1. The number of nitrogens with zero attached hydrogens (tertiary/aromatic N) is 1. The first kappa shape index (κ1) is 9.90. The number of rotatable bonds is 2. The third-order valence-corrected chi connectivity index (χ3v) is 1.58. The molecule has 0 aliphatic carbocycles. The zero-order chi connectivity index (χ0) is 10.9. The topological polar surface area (TPSA) is 106 Å². The molecule has 7 heteroatoms. The Kier molecular flexibility index (Phi) is 2.32. The zero-order valence-electron chi connectivity index (χ0n) is 6.73. The molecule has 0 fully saturated rings. The molecule has 1 aromatic carbocycles. The lowest BCUT2D eigenvalue weighted by Gasteiger charge is -2.01. The maximum absolute atomic E-state index is 12.8. The summed E-state index contributed by atoms with van der Waals surface area (Å²) in [5.74, 6) is -2.54. The van der Waals surface area contributed by atoms with Crippen molar-refractivity contribution < 1.29 is 19.2 Å². The Morgan fingerprint density at radius 3 is 2.57 bits per heavy atom. The van der Waals surface area contributed by atoms with Crippen LogP contribution < -0.4 is 5.73 Å². The van der Waals surface area contributed by atoms with E-state index in [-0.39, 0.29) is 0 Å². The van der Waals surface area contributed by atoms with Crippen molar-refractivity contribution in [2.75, 3.05) is 5.73 Å². The van der Waals surface area contributed by atoms with Gasteiger partial charge in [0.1, 0.15) is 11.3 Å². The molecule has 0 saturated heterocycles. The van der Waals surface area contributed by atoms with Gasteiger partial charge in [-0.15, -0.1) is 0 Å². The molecule has 0 aliphatic rings. The summed E-state index contributed by atoms with van der Waals surface area (Å²) in [5.41, 5.74) is 2.72. The molecule has 0 aliphatic heterocycles. The molecule has 0 amide bonds. The Morgan fingerprint density at radius 2 is 2.14 bits per heavy atom. The SMILES string of the molecule is Nc1c(F)ccc(C(=O)O)c1[N+](=O)[O-]. The van der Waals surface area contributed by atoms with Gasteiger partial charge in [-0.3, -0.25) is 10.1 Å². The number of benzene rings is 1. The highest BCUT2D eigenvalue weighted by Crippen LogP contribution is 2.28. The van der Waals surface area contributed by atoms with Crippen molar-refractivity contribution in [3.8, 4) is 0 Å². The van der Waals surface area contributed by atoms with E-state index < -0.39 is 33.6 Å². The van der Waals surface area contributed by atoms with Crippen LogP contribution in [0.15, 0.2) is 12.1 Å². The van der Waals surface area contributed by atoms with Gasteiger partial charge in [-0.25, -0.2) is 9.18 Å². The van der Waals surface area contributed by atoms with Crippen LogP contribution in [0.1, 0.15) is 10.4 Å². The third kappa shape index (κ3) is 1.47. The van der Waals surface area contributed by atoms with Crippen LogP contribution in [0.2, 0.25) is 0 Å². The van der Waals surface area contributed by atoms with Crippen molar-refractivity contribution in [2.24, 2.45) is 0 Å². The Hall–Kier alpha value is -2.18. The van der Waals surface area contributed by atoms with E-state index in [1.165, 1.54) is 0 Å². The van der Waals surface area contributed by atoms with Crippen LogP contribution in [-0.4, -0.2) is 16.0 Å². The van der Waals surface area contributed by atoms with Crippen LogP contribution >= 0.6 is 0 Å². The molecule has 14 heavy (non-hydrogen) atoms. The second-order valence-corrected chi connectivity index (χ2v) is 2.42. The molecule has 74 valence electrons. The largest absolute Gasteiger partial charge is 0.477 e. The predicted octanol–water partition coefficient (Wildman–Crippen LogP) is 1.01. The number of hydrogen-bond acceptors (Lipinski definition) is 4. The molecule has 1 rings (SSSR count). The van der Waals surface area contributed by atoms with E-state index in [1.807, 2.05) is 0 Å². The fourth-order valence-corrected chi connectivity index (χ4v) is 0.953. The molecule has 0 unspecified atom stereocenters. The summed E-state index contributed by atoms with van der Waals surface area (Å²) in [6.45, 7) is 0. The van der Waals surface area contributed by atoms with Crippen molar-refractivity contribution in [3.05, 3.63) is 33.6 Å². The summed E-state index contributed by atoms with van der Waals surface area (Å²) in [6, 6.07) is 1.57. The van der Waals surface area contributed by atoms with Gasteiger partial charge < -0.3 is 10.8 Å². The van der Waals surface area contributed by atoms with Crippen molar-refractivity contribution >= 4 is 17.3 Å². The average molecular weight is 200 g/mol. The number of nitrogen functional groups attached to an aromatic ring is 1. The fraction of sp³-hybridized carbons (Fsp3) is 0. The van der Waals surface area contributed by atoms with E-state index in [9.17, 15) is 19.3 Å². The van der Waals surface area contributed by atoms with Gasteiger partial charge in [-0.2, -0.15) is 0 Å². The first-order valence-electron chi connectivity index (χ1n) is 3.40. The Morgan fingerprint density at radius 1 is 1.57 bits per heavy atom. The van der Waals surface area contributed by atoms with Crippen molar-refractivity contribution in [1.82, 2.24) is 0 Å². The molecule has 3 N–H and O–H groups in total. The lowest BCUT2D eigenvalue weighted by atomic mass is 10.1. The number of carbonyl (C=O) groups is 1. The van der Waals surface area contributed by atoms with Crippen LogP contribution in [0.5, 0.6) is 0 Å². The molecular formula is C7H5FN2O4. The number of anilines is 1. The molecule has 0 heterocycles. The van der Waals surface area contributed by atoms with Gasteiger partial charge in [-0.1, -0.05) is 0 Å². The Labute approximate surface area is 76.9 Å². The lowest BCUT2D eigenvalue weighted by Crippen LogP contribution is -2.07. The summed E-state index contributed by atoms with van der Waals surface area (Å²) in [6.07, 6.45) is 0. The summed E-state index contributed by atoms with van der Waals surface area (Å²) in [7, 11) is 0. The van der Waals surface area contributed by atoms with Gasteiger partial charge in [0, 0.05) is 0 Å². The normalized spacial score (nSPS) is 9.79. The van der Waals surface area contributed by atoms with E-state index in [0.717, 1.165) is 12.1 Å². The summed E-state index contributed by atoms with van der Waals surface area (Å²) in [5, 5.41) is 18.9. The molecule has 0 spiro atoms. The number of aromatic carboxylic acids is 1. The fourth-order valence-electron chi connectivity index (χ4n) is 0.953. The predicted molar refractivity (Wildman–Crippen MR) is 44.4 cm³/mol. The molecule has 0 saturated carbocycles. The number of nitrogens with two attached hydrogens (primary N) is 1. The minimum atomic E-state index is -1.52. The number of hydrogen-bond donors (Lipinski definition) is 2. The number of nitro groups is 1. The van der Waals surface area contributed by atoms with Crippen LogP contribution in [0.4, 0.5) is 15.8 Å². The monoisotopic (exact) mass is 200 g/mol. The molecule has 0 aromatic heterocycles. The molecule has 0 radical (unpaired) electrons. The Balaban J connectivity index is 3.53. The second kappa shape index (κ2) is 3.29. The Bertz CT molecular complexity index is 418. The highest BCUT2D eigenvalue weighted by molar-refractivity contribution is 5.95. The van der Waals surface area contributed by atoms with E-state index in [1.54, 1.807) is 0 Å². The molecule has 0 bridgehead atoms. The molecular weight excluding hydrogens is 195 g/mol. The quantitative estimate of drug-likeness (QED) is 0.421. The number of carboxylic acid groups (broad SMARTS) is 1. The van der Waals surface area contributed by atoms with Crippen LogP contribution in [0.3, 0.4) is 0 Å². The first-order valence-corrected chi connectivity index (χ1v) is 3.40. The standard InChI is InChI=1S/C7H5FN2O4/c8-4-2-1-3(7(11)12)6(5(4)9)10(13)14/h1-2H,9H2,(H,11,12). The smallest absolute Gasteiger partial charge is 0.342 e. The average Bonchev–Trinajstić information content (AvgIpc) is 2.08. The van der Waals surface area contributed by atoms with Gasteiger partial charge in [0.15, 0.2) is 5.82 Å². The van der Waals surface area contributed by atoms with Crippen LogP contribution in [0.25, 0.3) is 0 Å². The van der Waals surface area contributed by atoms with Gasteiger partial charge in [0.25, 0.3) is 0 Å². The van der Waals surface area contributed by atoms with E-state index in [4.69, 9.17) is 10.8 Å². The number of nitro benzene ring substituents is 1. The maximum Gasteiger partial charge on any atom is 0.342 e. The highest BCUT2D eigenvalue weighted by Gasteiger charge is 2.25. The molecule has 6 nitrogen and oxygen atoms in total. The minimum absolute atomic E-state index is 0.631. The van der Waals surface area contributed by atoms with Gasteiger partial charge in [0.2, 0.25) is 0 Å². The third-order valence-electron chi connectivity index (χ3n) is 1.58. The molecule has 0 atom stereocenters.